The lowest BCUT2D eigenvalue weighted by Crippen LogP contribution is -2.05. The lowest BCUT2D eigenvalue weighted by atomic mass is 10.7. The summed E-state index contributed by atoms with van der Waals surface area (Å²) >= 11 is 15.7. The van der Waals surface area contributed by atoms with Crippen molar-refractivity contribution in [2.75, 3.05) is 24.7 Å². The van der Waals surface area contributed by atoms with Crippen LogP contribution in [0, 0.1) is 0 Å². The topological polar surface area (TPSA) is 21.3 Å². The van der Waals surface area contributed by atoms with E-state index in [1.807, 2.05) is 94.1 Å². The molecule has 5 aliphatic rings. The summed E-state index contributed by atoms with van der Waals surface area (Å²) in [5.41, 5.74) is 0. The molecule has 0 spiro atoms. The molecule has 0 aliphatic carbocycles. The lowest BCUT2D eigenvalue weighted by Gasteiger charge is -2.08. The molecule has 5 rings (SSSR count). The minimum Gasteiger partial charge on any atom is -0.476 e. The Hall–Kier alpha value is 1.36. The fourth-order valence-electron chi connectivity index (χ4n) is 2.06. The Labute approximate surface area is 163 Å². The van der Waals surface area contributed by atoms with Crippen molar-refractivity contribution in [2.45, 2.75) is 0 Å². The van der Waals surface area contributed by atoms with Crippen LogP contribution in [0.25, 0.3) is 0 Å². The Morgan fingerprint density at radius 1 is 0.636 bits per heavy atom. The minimum absolute atomic E-state index is 0.792. The first-order valence-electron chi connectivity index (χ1n) is 6.53. The van der Waals surface area contributed by atoms with Crippen molar-refractivity contribution in [3.8, 4) is 0 Å². The van der Waals surface area contributed by atoms with Gasteiger partial charge in [0.2, 0.25) is 5.88 Å². The van der Waals surface area contributed by atoms with E-state index in [1.165, 1.54) is 41.2 Å². The van der Waals surface area contributed by atoms with Gasteiger partial charge < -0.3 is 10.1 Å². The van der Waals surface area contributed by atoms with Gasteiger partial charge in [-0.1, -0.05) is 70.6 Å². The molecular formula is C12H9NOS8. The molecule has 116 valence electrons. The molecule has 0 aromatic carbocycles. The summed E-state index contributed by atoms with van der Waals surface area (Å²) in [5.74, 6) is 3.49. The van der Waals surface area contributed by atoms with Gasteiger partial charge in [0.15, 0.2) is 0 Å². The molecule has 0 radical (unpaired) electrons. The van der Waals surface area contributed by atoms with Gasteiger partial charge >= 0.3 is 0 Å². The van der Waals surface area contributed by atoms with Crippen molar-refractivity contribution in [1.29, 1.82) is 0 Å². The van der Waals surface area contributed by atoms with E-state index < -0.39 is 0 Å². The molecule has 0 bridgehead atoms. The summed E-state index contributed by atoms with van der Waals surface area (Å²) in [4.78, 5) is 0. The second-order valence-corrected chi connectivity index (χ2v) is 14.6. The molecule has 5 heterocycles. The molecule has 1 N–H and O–H groups in total. The zero-order valence-electron chi connectivity index (χ0n) is 11.0. The van der Waals surface area contributed by atoms with Crippen molar-refractivity contribution in [3.63, 3.8) is 0 Å². The summed E-state index contributed by atoms with van der Waals surface area (Å²) in [7, 11) is 0. The van der Waals surface area contributed by atoms with Gasteiger partial charge in [0.1, 0.15) is 10.8 Å². The fourth-order valence-corrected chi connectivity index (χ4v) is 14.6. The summed E-state index contributed by atoms with van der Waals surface area (Å²) in [6.45, 7) is 1.72. The van der Waals surface area contributed by atoms with Gasteiger partial charge in [0.05, 0.1) is 32.0 Å². The van der Waals surface area contributed by atoms with Crippen LogP contribution in [0.1, 0.15) is 0 Å². The SMILES string of the molecule is C1COC(=C2SC3=C(S2)SC(=C2SC4=C(SCCS4)S2)S3)N1. The zero-order valence-corrected chi connectivity index (χ0v) is 17.5. The van der Waals surface area contributed by atoms with Gasteiger partial charge in [-0.3, -0.25) is 0 Å². The van der Waals surface area contributed by atoms with Crippen LogP contribution in [0.15, 0.2) is 35.5 Å². The van der Waals surface area contributed by atoms with Gasteiger partial charge in [-0.15, -0.1) is 23.5 Å². The molecule has 0 unspecified atom stereocenters. The number of nitrogens with one attached hydrogen (secondary N) is 1. The van der Waals surface area contributed by atoms with Crippen molar-refractivity contribution >= 4 is 94.1 Å². The number of hydrogen-bond acceptors (Lipinski definition) is 10. The van der Waals surface area contributed by atoms with Crippen LogP contribution in [0.5, 0.6) is 0 Å². The van der Waals surface area contributed by atoms with Crippen LogP contribution in [0.4, 0.5) is 0 Å². The third kappa shape index (κ3) is 2.89. The summed E-state index contributed by atoms with van der Waals surface area (Å²) < 4.78 is 15.8. The van der Waals surface area contributed by atoms with Gasteiger partial charge in [0.25, 0.3) is 0 Å². The highest BCUT2D eigenvalue weighted by atomic mass is 32.3. The third-order valence-corrected chi connectivity index (χ3v) is 14.9. The smallest absolute Gasteiger partial charge is 0.208 e. The molecule has 5 aliphatic heterocycles. The third-order valence-electron chi connectivity index (χ3n) is 2.98. The molecule has 0 aromatic heterocycles. The maximum Gasteiger partial charge on any atom is 0.208 e. The van der Waals surface area contributed by atoms with E-state index in [0.717, 1.165) is 19.0 Å². The molecule has 0 amide bonds. The van der Waals surface area contributed by atoms with Crippen LogP contribution >= 0.6 is 94.1 Å². The second kappa shape index (κ2) is 6.59. The van der Waals surface area contributed by atoms with Gasteiger partial charge in [-0.2, -0.15) is 0 Å². The minimum atomic E-state index is 0.792. The van der Waals surface area contributed by atoms with Crippen molar-refractivity contribution in [3.05, 3.63) is 35.5 Å². The van der Waals surface area contributed by atoms with Crippen LogP contribution in [0.2, 0.25) is 0 Å². The number of rotatable bonds is 0. The molecule has 1 saturated heterocycles. The maximum atomic E-state index is 5.64. The zero-order chi connectivity index (χ0) is 14.5. The maximum absolute atomic E-state index is 5.64. The molecule has 10 heteroatoms. The molecule has 2 nitrogen and oxygen atoms in total. The van der Waals surface area contributed by atoms with Gasteiger partial charge in [0, 0.05) is 11.5 Å². The summed E-state index contributed by atoms with van der Waals surface area (Å²) in [6.07, 6.45) is 0. The van der Waals surface area contributed by atoms with E-state index in [9.17, 15) is 0 Å². The largest absolute Gasteiger partial charge is 0.476 e. The van der Waals surface area contributed by atoms with E-state index in [4.69, 9.17) is 4.74 Å². The first-order chi connectivity index (χ1) is 10.9. The number of ether oxygens (including phenoxy) is 1. The van der Waals surface area contributed by atoms with Crippen LogP contribution in [-0.2, 0) is 4.74 Å². The predicted octanol–water partition coefficient (Wildman–Crippen LogP) is 6.03. The first kappa shape index (κ1) is 15.6. The van der Waals surface area contributed by atoms with Crippen molar-refractivity contribution in [1.82, 2.24) is 5.32 Å². The Kier molecular flexibility index (Phi) is 4.67. The molecule has 0 saturated carbocycles. The summed E-state index contributed by atoms with van der Waals surface area (Å²) in [6, 6.07) is 0. The highest BCUT2D eigenvalue weighted by Gasteiger charge is 2.36. The van der Waals surface area contributed by atoms with E-state index in [1.54, 1.807) is 0 Å². The first-order valence-corrected chi connectivity index (χ1v) is 13.4. The highest BCUT2D eigenvalue weighted by molar-refractivity contribution is 8.49. The number of hydrogen-bond donors (Lipinski definition) is 1. The second-order valence-electron chi connectivity index (χ2n) is 4.43. The average Bonchev–Trinajstić information content (AvgIpc) is 3.27. The number of thioether (sulfide) groups is 8. The highest BCUT2D eigenvalue weighted by Crippen LogP contribution is 2.71. The van der Waals surface area contributed by atoms with Gasteiger partial charge in [-0.05, 0) is 0 Å². The molecular weight excluding hydrogens is 431 g/mol. The van der Waals surface area contributed by atoms with E-state index in [0.29, 0.717) is 0 Å². The molecule has 0 atom stereocenters. The van der Waals surface area contributed by atoms with Crippen molar-refractivity contribution in [2.24, 2.45) is 0 Å². The Bertz CT molecular complexity index is 629. The lowest BCUT2D eigenvalue weighted by molar-refractivity contribution is 0.266. The standard InChI is InChI=1S/C12H9NOS8/c1-2-14-5(13-1)6-17-9-10(18-6)22-12(21-9)11-19-7-8(20-11)16-4-3-15-7/h13H,1-4H2. The predicted molar refractivity (Wildman–Crippen MR) is 113 cm³/mol. The van der Waals surface area contributed by atoms with Crippen LogP contribution in [0.3, 0.4) is 0 Å². The monoisotopic (exact) mass is 439 g/mol. The van der Waals surface area contributed by atoms with Gasteiger partial charge in [-0.25, -0.2) is 0 Å². The Morgan fingerprint density at radius 2 is 1.14 bits per heavy atom. The fraction of sp³-hybridized carbons (Fsp3) is 0.333. The van der Waals surface area contributed by atoms with E-state index >= 15 is 0 Å². The Balaban J connectivity index is 1.31. The normalized spacial score (nSPS) is 27.6. The van der Waals surface area contributed by atoms with Crippen molar-refractivity contribution < 1.29 is 4.74 Å². The molecule has 0 aromatic rings. The quantitative estimate of drug-likeness (QED) is 0.480. The molecule has 22 heavy (non-hydrogen) atoms. The van der Waals surface area contributed by atoms with Crippen LogP contribution < -0.4 is 5.32 Å². The average molecular weight is 440 g/mol. The Morgan fingerprint density at radius 3 is 1.64 bits per heavy atom. The molecule has 1 fully saturated rings. The van der Waals surface area contributed by atoms with Crippen LogP contribution in [-0.4, -0.2) is 24.7 Å². The van der Waals surface area contributed by atoms with E-state index in [2.05, 4.69) is 5.32 Å². The van der Waals surface area contributed by atoms with E-state index in [-0.39, 0.29) is 0 Å². The summed E-state index contributed by atoms with van der Waals surface area (Å²) in [5, 5.41) is 3.33.